The van der Waals surface area contributed by atoms with Crippen molar-refractivity contribution in [3.8, 4) is 0 Å². The van der Waals surface area contributed by atoms with Crippen LogP contribution in [0.5, 0.6) is 0 Å². The van der Waals surface area contributed by atoms with Crippen LogP contribution in [0.1, 0.15) is 30.1 Å². The van der Waals surface area contributed by atoms with Gasteiger partial charge in [0, 0.05) is 45.0 Å². The maximum Gasteiger partial charge on any atom is 0.255 e. The van der Waals surface area contributed by atoms with Gasteiger partial charge in [-0.3, -0.25) is 19.6 Å². The summed E-state index contributed by atoms with van der Waals surface area (Å²) in [6.45, 7) is 3.90. The molecule has 5 N–H and O–H groups in total. The highest BCUT2D eigenvalue weighted by Gasteiger charge is 2.13. The average molecular weight is 335 g/mol. The smallest absolute Gasteiger partial charge is 0.255 e. The van der Waals surface area contributed by atoms with Gasteiger partial charge in [0.25, 0.3) is 5.91 Å². The molecule has 0 saturated carbocycles. The fourth-order valence-electron chi connectivity index (χ4n) is 2.04. The Hall–Kier alpha value is -2.68. The van der Waals surface area contributed by atoms with E-state index in [4.69, 9.17) is 11.7 Å². The molecule has 0 fully saturated rings. The van der Waals surface area contributed by atoms with E-state index in [0.717, 1.165) is 0 Å². The minimum atomic E-state index is -0.113. The van der Waals surface area contributed by atoms with Crippen molar-refractivity contribution in [2.45, 2.75) is 19.8 Å². The first kappa shape index (κ1) is 19.4. The lowest BCUT2D eigenvalue weighted by atomic mass is 10.2. The number of pyridine rings is 1. The summed E-state index contributed by atoms with van der Waals surface area (Å²) < 4.78 is 0. The largest absolute Gasteiger partial charge is 0.356 e. The predicted octanol–water partition coefficient (Wildman–Crippen LogP) is -0.482. The Kier molecular flexibility index (Phi) is 8.84. The van der Waals surface area contributed by atoms with Crippen molar-refractivity contribution in [1.82, 2.24) is 20.2 Å². The van der Waals surface area contributed by atoms with Crippen molar-refractivity contribution < 1.29 is 9.59 Å². The lowest BCUT2D eigenvalue weighted by Gasteiger charge is -2.21. The molecule has 9 nitrogen and oxygen atoms in total. The molecule has 9 heteroatoms. The third-order valence-corrected chi connectivity index (χ3v) is 3.32. The summed E-state index contributed by atoms with van der Waals surface area (Å²) in [6.07, 6.45) is 5.34. The van der Waals surface area contributed by atoms with Gasteiger partial charge >= 0.3 is 0 Å². The molecule has 0 bridgehead atoms. The van der Waals surface area contributed by atoms with Crippen LogP contribution in [0.2, 0.25) is 0 Å². The van der Waals surface area contributed by atoms with E-state index in [0.29, 0.717) is 38.2 Å². The Bertz CT molecular complexity index is 536. The molecule has 0 aromatic carbocycles. The van der Waals surface area contributed by atoms with Crippen molar-refractivity contribution in [2.24, 2.45) is 16.8 Å². The summed E-state index contributed by atoms with van der Waals surface area (Å²) in [5, 5.41) is 7.29. The fraction of sp³-hybridized carbons (Fsp3) is 0.467. The van der Waals surface area contributed by atoms with Crippen LogP contribution in [-0.2, 0) is 4.79 Å². The van der Waals surface area contributed by atoms with Gasteiger partial charge in [-0.1, -0.05) is 0 Å². The predicted molar refractivity (Wildman–Crippen MR) is 91.6 cm³/mol. The van der Waals surface area contributed by atoms with E-state index >= 15 is 0 Å². The van der Waals surface area contributed by atoms with Crippen LogP contribution in [0.4, 0.5) is 0 Å². The highest BCUT2D eigenvalue weighted by atomic mass is 16.2. The normalized spacial score (nSPS) is 10.6. The summed E-state index contributed by atoms with van der Waals surface area (Å²) in [7, 11) is 0. The molecule has 0 atom stereocenters. The Balaban J connectivity index is 2.27. The number of nitrogens with two attached hydrogens (primary N) is 2. The number of nitrogens with zero attached hydrogens (tertiary/aromatic N) is 4. The van der Waals surface area contributed by atoms with E-state index < -0.39 is 0 Å². The molecule has 0 radical (unpaired) electrons. The molecule has 0 aliphatic heterocycles. The number of rotatable bonds is 10. The van der Waals surface area contributed by atoms with E-state index in [1.807, 2.05) is 6.92 Å². The molecule has 0 unspecified atom stereocenters. The van der Waals surface area contributed by atoms with E-state index in [9.17, 15) is 9.59 Å². The van der Waals surface area contributed by atoms with Gasteiger partial charge < -0.3 is 16.1 Å². The Morgan fingerprint density at radius 3 is 2.83 bits per heavy atom. The summed E-state index contributed by atoms with van der Waals surface area (Å²) >= 11 is 0. The molecule has 0 spiro atoms. The number of nitrogens with one attached hydrogen (secondary N) is 1. The minimum Gasteiger partial charge on any atom is -0.356 e. The van der Waals surface area contributed by atoms with Crippen molar-refractivity contribution >= 4 is 18.2 Å². The van der Waals surface area contributed by atoms with Crippen molar-refractivity contribution in [1.29, 1.82) is 0 Å². The van der Waals surface area contributed by atoms with Crippen LogP contribution in [0.3, 0.4) is 0 Å². The summed E-state index contributed by atoms with van der Waals surface area (Å²) in [4.78, 5) is 29.6. The summed E-state index contributed by atoms with van der Waals surface area (Å²) in [5.74, 6) is 10.3. The zero-order valence-electron chi connectivity index (χ0n) is 13.9. The number of hydrazone groups is 1. The molecule has 1 aromatic heterocycles. The second-order valence-electron chi connectivity index (χ2n) is 5.08. The number of hydrogen-bond acceptors (Lipinski definition) is 6. The molecule has 1 rings (SSSR count). The highest BCUT2D eigenvalue weighted by molar-refractivity contribution is 5.93. The van der Waals surface area contributed by atoms with Crippen molar-refractivity contribution in [3.05, 3.63) is 30.1 Å². The van der Waals surface area contributed by atoms with Gasteiger partial charge in [-0.05, 0) is 25.5 Å². The number of amides is 2. The summed E-state index contributed by atoms with van der Waals surface area (Å²) in [5.41, 5.74) is 0.563. The molecule has 1 heterocycles. The second-order valence-corrected chi connectivity index (χ2v) is 5.08. The van der Waals surface area contributed by atoms with Gasteiger partial charge in [-0.15, -0.1) is 0 Å². The van der Waals surface area contributed by atoms with Crippen molar-refractivity contribution in [3.63, 3.8) is 0 Å². The van der Waals surface area contributed by atoms with Gasteiger partial charge in [-0.2, -0.15) is 5.10 Å². The third-order valence-electron chi connectivity index (χ3n) is 3.32. The molecular formula is C15H25N7O2. The Labute approximate surface area is 141 Å². The molecule has 0 aliphatic rings. The van der Waals surface area contributed by atoms with E-state index in [1.165, 1.54) is 11.3 Å². The first-order chi connectivity index (χ1) is 11.6. The molecular weight excluding hydrogens is 310 g/mol. The fourth-order valence-corrected chi connectivity index (χ4v) is 2.04. The highest BCUT2D eigenvalue weighted by Crippen LogP contribution is 2.03. The Morgan fingerprint density at radius 1 is 1.42 bits per heavy atom. The number of aromatic nitrogens is 1. The SMILES string of the molecule is CCN(CCCNC(=O)CCN(N)/C=N\N)C(=O)c1cccnc1. The van der Waals surface area contributed by atoms with E-state index in [2.05, 4.69) is 15.4 Å². The van der Waals surface area contributed by atoms with Crippen LogP contribution >= 0.6 is 0 Å². The summed E-state index contributed by atoms with van der Waals surface area (Å²) in [6, 6.07) is 3.47. The second kappa shape index (κ2) is 10.9. The monoisotopic (exact) mass is 335 g/mol. The first-order valence-corrected chi connectivity index (χ1v) is 7.79. The zero-order valence-corrected chi connectivity index (χ0v) is 13.9. The quantitative estimate of drug-likeness (QED) is 0.174. The van der Waals surface area contributed by atoms with Crippen LogP contribution < -0.4 is 17.0 Å². The molecule has 0 saturated heterocycles. The maximum atomic E-state index is 12.3. The van der Waals surface area contributed by atoms with Crippen molar-refractivity contribution in [2.75, 3.05) is 26.2 Å². The van der Waals surface area contributed by atoms with Gasteiger partial charge in [0.05, 0.1) is 5.56 Å². The molecule has 132 valence electrons. The standard InChI is InChI=1S/C15H25N7O2/c1-2-21(15(24)13-5-3-7-18-11-13)9-4-8-19-14(23)6-10-22(17)12-20-16/h3,5,7,11-12H,2,4,6,8-10,16-17H2,1H3,(H,19,23)/b20-12-. The average Bonchev–Trinajstić information content (AvgIpc) is 2.60. The van der Waals surface area contributed by atoms with Gasteiger partial charge in [0.2, 0.25) is 5.91 Å². The number of hydrazine groups is 1. The molecule has 0 aliphatic carbocycles. The lowest BCUT2D eigenvalue weighted by Crippen LogP contribution is -2.36. The van der Waals surface area contributed by atoms with E-state index in [-0.39, 0.29) is 18.2 Å². The molecule has 2 amide bonds. The van der Waals surface area contributed by atoms with Crippen LogP contribution in [-0.4, -0.2) is 59.2 Å². The van der Waals surface area contributed by atoms with Gasteiger partial charge in [0.15, 0.2) is 0 Å². The molecule has 1 aromatic rings. The lowest BCUT2D eigenvalue weighted by molar-refractivity contribution is -0.121. The topological polar surface area (TPSA) is 130 Å². The van der Waals surface area contributed by atoms with Gasteiger partial charge in [0.1, 0.15) is 6.34 Å². The Morgan fingerprint density at radius 2 is 2.21 bits per heavy atom. The first-order valence-electron chi connectivity index (χ1n) is 7.79. The number of carbonyl (C=O) groups is 2. The van der Waals surface area contributed by atoms with Gasteiger partial charge in [-0.25, -0.2) is 5.84 Å². The van der Waals surface area contributed by atoms with Crippen LogP contribution in [0.25, 0.3) is 0 Å². The molecule has 24 heavy (non-hydrogen) atoms. The maximum absolute atomic E-state index is 12.3. The van der Waals surface area contributed by atoms with Crippen LogP contribution in [0, 0.1) is 0 Å². The minimum absolute atomic E-state index is 0.0585. The zero-order chi connectivity index (χ0) is 17.8. The number of carbonyl (C=O) groups excluding carboxylic acids is 2. The van der Waals surface area contributed by atoms with E-state index in [1.54, 1.807) is 29.4 Å². The third kappa shape index (κ3) is 7.05. The number of hydrogen-bond donors (Lipinski definition) is 3. The van der Waals surface area contributed by atoms with Crippen LogP contribution in [0.15, 0.2) is 29.6 Å².